The van der Waals surface area contributed by atoms with Crippen LogP contribution in [0.2, 0.25) is 0 Å². The van der Waals surface area contributed by atoms with E-state index in [0.717, 1.165) is 0 Å². The highest BCUT2D eigenvalue weighted by molar-refractivity contribution is 5.89. The average Bonchev–Trinajstić information content (AvgIpc) is 2.33. The van der Waals surface area contributed by atoms with E-state index in [4.69, 9.17) is 5.11 Å². The van der Waals surface area contributed by atoms with Crippen LogP contribution in [0.15, 0.2) is 12.1 Å². The molecule has 1 rings (SSSR count). The Hall–Kier alpha value is -1.76. The molecule has 1 unspecified atom stereocenters. The zero-order chi connectivity index (χ0) is 14.4. The number of aliphatic hydroxyl groups is 1. The SMILES string of the molecule is CCC(CCO)NC(=O)Nc1c(F)cc(F)cc1F. The molecule has 0 aromatic heterocycles. The molecule has 0 fully saturated rings. The Labute approximate surface area is 108 Å². The van der Waals surface area contributed by atoms with E-state index in [2.05, 4.69) is 5.32 Å². The van der Waals surface area contributed by atoms with Crippen molar-refractivity contribution in [1.29, 1.82) is 0 Å². The van der Waals surface area contributed by atoms with Crippen molar-refractivity contribution in [3.05, 3.63) is 29.6 Å². The number of aliphatic hydroxyl groups excluding tert-OH is 1. The number of nitrogens with one attached hydrogen (secondary N) is 2. The zero-order valence-electron chi connectivity index (χ0n) is 10.3. The molecule has 1 aromatic carbocycles. The van der Waals surface area contributed by atoms with Crippen LogP contribution in [-0.2, 0) is 0 Å². The molecule has 0 spiro atoms. The molecule has 0 saturated heterocycles. The van der Waals surface area contributed by atoms with Gasteiger partial charge in [-0.2, -0.15) is 0 Å². The molecule has 0 aliphatic heterocycles. The van der Waals surface area contributed by atoms with Gasteiger partial charge >= 0.3 is 6.03 Å². The van der Waals surface area contributed by atoms with Crippen LogP contribution in [0.5, 0.6) is 0 Å². The number of carbonyl (C=O) groups is 1. The summed E-state index contributed by atoms with van der Waals surface area (Å²) in [6.07, 6.45) is 0.890. The molecule has 0 bridgehead atoms. The van der Waals surface area contributed by atoms with Crippen LogP contribution in [0.25, 0.3) is 0 Å². The van der Waals surface area contributed by atoms with Gasteiger partial charge in [-0.3, -0.25) is 0 Å². The smallest absolute Gasteiger partial charge is 0.319 e. The van der Waals surface area contributed by atoms with Crippen molar-refractivity contribution in [2.75, 3.05) is 11.9 Å². The van der Waals surface area contributed by atoms with E-state index in [1.807, 2.05) is 5.32 Å². The Kier molecular flexibility index (Phi) is 5.62. The molecule has 0 heterocycles. The highest BCUT2D eigenvalue weighted by atomic mass is 19.1. The lowest BCUT2D eigenvalue weighted by Crippen LogP contribution is -2.38. The van der Waals surface area contributed by atoms with E-state index in [9.17, 15) is 18.0 Å². The molecule has 1 aromatic rings. The van der Waals surface area contributed by atoms with Gasteiger partial charge in [0, 0.05) is 24.8 Å². The van der Waals surface area contributed by atoms with Gasteiger partial charge in [-0.25, -0.2) is 18.0 Å². The number of amides is 2. The highest BCUT2D eigenvalue weighted by Gasteiger charge is 2.16. The Morgan fingerprint density at radius 1 is 1.32 bits per heavy atom. The van der Waals surface area contributed by atoms with E-state index >= 15 is 0 Å². The summed E-state index contributed by atoms with van der Waals surface area (Å²) in [6.45, 7) is 1.68. The largest absolute Gasteiger partial charge is 0.396 e. The summed E-state index contributed by atoms with van der Waals surface area (Å²) >= 11 is 0. The van der Waals surface area contributed by atoms with E-state index in [0.29, 0.717) is 25.0 Å². The number of halogens is 3. The van der Waals surface area contributed by atoms with Crippen LogP contribution in [0.3, 0.4) is 0 Å². The summed E-state index contributed by atoms with van der Waals surface area (Å²) in [6, 6.07) is -0.172. The Morgan fingerprint density at radius 3 is 2.37 bits per heavy atom. The third-order valence-electron chi connectivity index (χ3n) is 2.55. The molecule has 1 atom stereocenters. The molecule has 0 saturated carbocycles. The van der Waals surface area contributed by atoms with Gasteiger partial charge in [0.05, 0.1) is 0 Å². The maximum absolute atomic E-state index is 13.3. The topological polar surface area (TPSA) is 61.4 Å². The minimum atomic E-state index is -1.19. The van der Waals surface area contributed by atoms with Crippen molar-refractivity contribution < 1.29 is 23.1 Å². The number of rotatable bonds is 5. The van der Waals surface area contributed by atoms with Gasteiger partial charge in [-0.15, -0.1) is 0 Å². The van der Waals surface area contributed by atoms with Crippen molar-refractivity contribution in [3.63, 3.8) is 0 Å². The van der Waals surface area contributed by atoms with Gasteiger partial charge in [0.25, 0.3) is 0 Å². The Balaban J connectivity index is 2.72. The van der Waals surface area contributed by atoms with Crippen molar-refractivity contribution >= 4 is 11.7 Å². The first-order valence-corrected chi connectivity index (χ1v) is 5.80. The fraction of sp³-hybridized carbons (Fsp3) is 0.417. The fourth-order valence-corrected chi connectivity index (χ4v) is 1.53. The minimum Gasteiger partial charge on any atom is -0.396 e. The predicted octanol–water partition coefficient (Wildman–Crippen LogP) is 2.39. The zero-order valence-corrected chi connectivity index (χ0v) is 10.3. The molecular formula is C12H15F3N2O2. The molecule has 7 heteroatoms. The number of carbonyl (C=O) groups excluding carboxylic acids is 1. The molecule has 2 amide bonds. The summed E-state index contributed by atoms with van der Waals surface area (Å²) in [5.41, 5.74) is -0.710. The quantitative estimate of drug-likeness (QED) is 0.773. The van der Waals surface area contributed by atoms with Gasteiger partial charge in [-0.05, 0) is 12.8 Å². The third kappa shape index (κ3) is 4.44. The first-order chi connectivity index (χ1) is 8.97. The fourth-order valence-electron chi connectivity index (χ4n) is 1.53. The van der Waals surface area contributed by atoms with Crippen molar-refractivity contribution in [3.8, 4) is 0 Å². The summed E-state index contributed by atoms with van der Waals surface area (Å²) in [5, 5.41) is 13.2. The summed E-state index contributed by atoms with van der Waals surface area (Å²) in [5.74, 6) is -3.45. The Morgan fingerprint density at radius 2 is 1.89 bits per heavy atom. The van der Waals surface area contributed by atoms with Gasteiger partial charge in [0.15, 0.2) is 11.6 Å². The molecule has 4 nitrogen and oxygen atoms in total. The number of anilines is 1. The van der Waals surface area contributed by atoms with E-state index in [-0.39, 0.29) is 12.6 Å². The summed E-state index contributed by atoms with van der Waals surface area (Å²) < 4.78 is 39.2. The van der Waals surface area contributed by atoms with Crippen LogP contribution in [0.4, 0.5) is 23.7 Å². The number of hydrogen-bond acceptors (Lipinski definition) is 2. The standard InChI is InChI=1S/C12H15F3N2O2/c1-2-8(3-4-18)16-12(19)17-11-9(14)5-7(13)6-10(11)15/h5-6,8,18H,2-4H2,1H3,(H2,16,17,19). The van der Waals surface area contributed by atoms with E-state index in [1.54, 1.807) is 6.92 Å². The summed E-state index contributed by atoms with van der Waals surface area (Å²) in [4.78, 5) is 11.5. The van der Waals surface area contributed by atoms with Gasteiger partial charge in [-0.1, -0.05) is 6.92 Å². The first-order valence-electron chi connectivity index (χ1n) is 5.80. The minimum absolute atomic E-state index is 0.113. The monoisotopic (exact) mass is 276 g/mol. The predicted molar refractivity (Wildman–Crippen MR) is 64.3 cm³/mol. The highest BCUT2D eigenvalue weighted by Crippen LogP contribution is 2.19. The van der Waals surface area contributed by atoms with E-state index in [1.165, 1.54) is 0 Å². The average molecular weight is 276 g/mol. The van der Waals surface area contributed by atoms with Crippen LogP contribution in [-0.4, -0.2) is 23.8 Å². The first kappa shape index (κ1) is 15.3. The second-order valence-electron chi connectivity index (χ2n) is 3.96. The van der Waals surface area contributed by atoms with Crippen LogP contribution in [0.1, 0.15) is 19.8 Å². The molecule has 0 aliphatic carbocycles. The Bertz CT molecular complexity index is 432. The van der Waals surface area contributed by atoms with Gasteiger partial charge in [0.1, 0.15) is 11.5 Å². The van der Waals surface area contributed by atoms with Gasteiger partial charge < -0.3 is 15.7 Å². The number of benzene rings is 1. The maximum atomic E-state index is 13.3. The van der Waals surface area contributed by atoms with E-state index < -0.39 is 29.2 Å². The van der Waals surface area contributed by atoms with Crippen molar-refractivity contribution in [1.82, 2.24) is 5.32 Å². The number of hydrogen-bond donors (Lipinski definition) is 3. The molecule has 19 heavy (non-hydrogen) atoms. The van der Waals surface area contributed by atoms with Gasteiger partial charge in [0.2, 0.25) is 0 Å². The second kappa shape index (κ2) is 6.98. The normalized spacial score (nSPS) is 12.1. The maximum Gasteiger partial charge on any atom is 0.319 e. The second-order valence-corrected chi connectivity index (χ2v) is 3.96. The van der Waals surface area contributed by atoms with Crippen LogP contribution >= 0.6 is 0 Å². The van der Waals surface area contributed by atoms with Crippen LogP contribution < -0.4 is 10.6 Å². The number of urea groups is 1. The van der Waals surface area contributed by atoms with Crippen LogP contribution in [0, 0.1) is 17.5 Å². The van der Waals surface area contributed by atoms with Crippen molar-refractivity contribution in [2.45, 2.75) is 25.8 Å². The lowest BCUT2D eigenvalue weighted by molar-refractivity contribution is 0.237. The lowest BCUT2D eigenvalue weighted by atomic mass is 10.2. The molecule has 0 aliphatic rings. The summed E-state index contributed by atoms with van der Waals surface area (Å²) in [7, 11) is 0. The molecule has 3 N–H and O–H groups in total. The lowest BCUT2D eigenvalue weighted by Gasteiger charge is -2.16. The molecule has 0 radical (unpaired) electrons. The molecule has 106 valence electrons. The molecular weight excluding hydrogens is 261 g/mol. The van der Waals surface area contributed by atoms with Crippen molar-refractivity contribution in [2.24, 2.45) is 0 Å². The third-order valence-corrected chi connectivity index (χ3v) is 2.55.